The number of amides is 1. The molecule has 0 heterocycles. The molecule has 0 aliphatic heterocycles. The molecule has 1 amide bonds. The highest BCUT2D eigenvalue weighted by Gasteiger charge is 2.34. The molecule has 174 valence electrons. The maximum Gasteiger partial charge on any atom is 0.243 e. The largest absolute Gasteiger partial charge is 0.348 e. The molecule has 0 unspecified atom stereocenters. The summed E-state index contributed by atoms with van der Waals surface area (Å²) in [6.07, 6.45) is 4.65. The Bertz CT molecular complexity index is 1060. The van der Waals surface area contributed by atoms with Gasteiger partial charge in [-0.1, -0.05) is 47.3 Å². The maximum atomic E-state index is 13.5. The van der Waals surface area contributed by atoms with Gasteiger partial charge in [-0.2, -0.15) is 4.31 Å². The van der Waals surface area contributed by atoms with Crippen molar-refractivity contribution in [2.45, 2.75) is 76.8 Å². The van der Waals surface area contributed by atoms with E-state index in [-0.39, 0.29) is 29.4 Å². The van der Waals surface area contributed by atoms with Crippen molar-refractivity contribution in [3.8, 4) is 0 Å². The Morgan fingerprint density at radius 3 is 2.25 bits per heavy atom. The van der Waals surface area contributed by atoms with Gasteiger partial charge >= 0.3 is 0 Å². The summed E-state index contributed by atoms with van der Waals surface area (Å²) in [6.45, 7) is 7.95. The van der Waals surface area contributed by atoms with E-state index in [2.05, 4.69) is 47.2 Å². The summed E-state index contributed by atoms with van der Waals surface area (Å²) >= 11 is 3.36. The van der Waals surface area contributed by atoms with Gasteiger partial charge in [0.1, 0.15) is 0 Å². The Hall–Kier alpha value is -1.70. The van der Waals surface area contributed by atoms with E-state index in [1.807, 2.05) is 13.8 Å². The van der Waals surface area contributed by atoms with Crippen molar-refractivity contribution < 1.29 is 13.2 Å². The molecule has 0 radical (unpaired) electrons. The second-order valence-electron chi connectivity index (χ2n) is 8.88. The molecule has 1 aliphatic carbocycles. The van der Waals surface area contributed by atoms with Crippen LogP contribution in [0.15, 0.2) is 45.8 Å². The molecule has 0 bridgehead atoms. The van der Waals surface area contributed by atoms with E-state index in [0.717, 1.165) is 47.7 Å². The van der Waals surface area contributed by atoms with Crippen molar-refractivity contribution >= 4 is 31.9 Å². The van der Waals surface area contributed by atoms with Crippen molar-refractivity contribution in [1.29, 1.82) is 0 Å². The number of hydrogen-bond acceptors (Lipinski definition) is 3. The lowest BCUT2D eigenvalue weighted by molar-refractivity contribution is -0.122. The molecule has 3 rings (SSSR count). The van der Waals surface area contributed by atoms with Crippen LogP contribution in [0.4, 0.5) is 0 Å². The van der Waals surface area contributed by atoms with E-state index in [4.69, 9.17) is 0 Å². The van der Waals surface area contributed by atoms with Crippen LogP contribution in [0, 0.1) is 20.8 Å². The van der Waals surface area contributed by atoms with Gasteiger partial charge in [0.25, 0.3) is 0 Å². The van der Waals surface area contributed by atoms with Crippen LogP contribution in [0.2, 0.25) is 0 Å². The summed E-state index contributed by atoms with van der Waals surface area (Å²) < 4.78 is 29.2. The number of aryl methyl sites for hydroxylation is 3. The molecule has 7 heteroatoms. The number of nitrogens with zero attached hydrogens (tertiary/aromatic N) is 1. The van der Waals surface area contributed by atoms with Gasteiger partial charge in [-0.3, -0.25) is 4.79 Å². The predicted molar refractivity (Wildman–Crippen MR) is 132 cm³/mol. The first-order valence-corrected chi connectivity index (χ1v) is 13.5. The Morgan fingerprint density at radius 2 is 1.62 bits per heavy atom. The van der Waals surface area contributed by atoms with Crippen LogP contribution in [0.1, 0.15) is 67.3 Å². The lowest BCUT2D eigenvalue weighted by Gasteiger charge is -2.33. The molecule has 1 saturated carbocycles. The Morgan fingerprint density at radius 1 is 1.03 bits per heavy atom. The summed E-state index contributed by atoms with van der Waals surface area (Å²) in [5, 5.41) is 3.03. The van der Waals surface area contributed by atoms with Gasteiger partial charge in [0, 0.05) is 10.5 Å². The van der Waals surface area contributed by atoms with Crippen LogP contribution in [0.25, 0.3) is 0 Å². The molecule has 32 heavy (non-hydrogen) atoms. The second kappa shape index (κ2) is 10.5. The van der Waals surface area contributed by atoms with E-state index in [1.165, 1.54) is 15.4 Å². The maximum absolute atomic E-state index is 13.5. The molecule has 2 aromatic carbocycles. The molecule has 5 nitrogen and oxygen atoms in total. The zero-order valence-corrected chi connectivity index (χ0v) is 21.7. The van der Waals surface area contributed by atoms with Crippen LogP contribution < -0.4 is 5.32 Å². The number of benzene rings is 2. The van der Waals surface area contributed by atoms with Crippen LogP contribution >= 0.6 is 15.9 Å². The standard InChI is InChI=1S/C25H33BrN2O3S/c1-17-14-19(3)24(15-18(17)2)20(4)27-25(29)16-28(22-8-6-5-7-9-22)32(30,31)23-12-10-21(26)11-13-23/h10-15,20,22H,5-9,16H2,1-4H3,(H,27,29)/t20-/m0/s1. The van der Waals surface area contributed by atoms with Gasteiger partial charge in [-0.15, -0.1) is 0 Å². The summed E-state index contributed by atoms with van der Waals surface area (Å²) in [4.78, 5) is 13.3. The predicted octanol–water partition coefficient (Wildman–Crippen LogP) is 5.58. The van der Waals surface area contributed by atoms with Gasteiger partial charge in [0.05, 0.1) is 17.5 Å². The summed E-state index contributed by atoms with van der Waals surface area (Å²) in [7, 11) is -3.78. The molecule has 1 atom stereocenters. The molecule has 1 aliphatic rings. The normalized spacial score (nSPS) is 16.2. The van der Waals surface area contributed by atoms with Crippen molar-refractivity contribution in [2.75, 3.05) is 6.54 Å². The number of nitrogens with one attached hydrogen (secondary N) is 1. The molecule has 1 fully saturated rings. The minimum absolute atomic E-state index is 0.151. The monoisotopic (exact) mass is 520 g/mol. The van der Waals surface area contributed by atoms with Gasteiger partial charge in [-0.05, 0) is 87.1 Å². The quantitative estimate of drug-likeness (QED) is 0.518. The fourth-order valence-corrected chi connectivity index (χ4v) is 6.38. The third kappa shape index (κ3) is 5.80. The number of rotatable bonds is 7. The van der Waals surface area contributed by atoms with Crippen molar-refractivity contribution in [2.24, 2.45) is 0 Å². The molecular weight excluding hydrogens is 488 g/mol. The lowest BCUT2D eigenvalue weighted by Crippen LogP contribution is -2.47. The first-order valence-electron chi connectivity index (χ1n) is 11.2. The zero-order chi connectivity index (χ0) is 23.5. The number of carbonyl (C=O) groups is 1. The first-order chi connectivity index (χ1) is 15.1. The first kappa shape index (κ1) is 24.9. The average Bonchev–Trinajstić information content (AvgIpc) is 2.75. The number of sulfonamides is 1. The molecule has 1 N–H and O–H groups in total. The van der Waals surface area contributed by atoms with Gasteiger partial charge in [-0.25, -0.2) is 8.42 Å². The Balaban J connectivity index is 1.82. The fourth-order valence-electron chi connectivity index (χ4n) is 4.48. The highest BCUT2D eigenvalue weighted by molar-refractivity contribution is 9.10. The fraction of sp³-hybridized carbons (Fsp3) is 0.480. The lowest BCUT2D eigenvalue weighted by atomic mass is 9.95. The molecular formula is C25H33BrN2O3S. The van der Waals surface area contributed by atoms with Crippen molar-refractivity contribution in [1.82, 2.24) is 9.62 Å². The van der Waals surface area contributed by atoms with Crippen LogP contribution in [0.3, 0.4) is 0 Å². The number of carbonyl (C=O) groups excluding carboxylic acids is 1. The minimum atomic E-state index is -3.78. The summed E-state index contributed by atoms with van der Waals surface area (Å²) in [5.74, 6) is -0.276. The van der Waals surface area contributed by atoms with Gasteiger partial charge in [0.15, 0.2) is 0 Å². The van der Waals surface area contributed by atoms with Crippen LogP contribution in [-0.4, -0.2) is 31.2 Å². The third-order valence-electron chi connectivity index (χ3n) is 6.43. The van der Waals surface area contributed by atoms with Crippen molar-refractivity contribution in [3.05, 3.63) is 63.1 Å². The van der Waals surface area contributed by atoms with Gasteiger partial charge < -0.3 is 5.32 Å². The zero-order valence-electron chi connectivity index (χ0n) is 19.3. The third-order valence-corrected chi connectivity index (χ3v) is 8.87. The van der Waals surface area contributed by atoms with E-state index in [9.17, 15) is 13.2 Å². The Labute approximate surface area is 200 Å². The molecule has 2 aromatic rings. The number of halogens is 1. The highest BCUT2D eigenvalue weighted by atomic mass is 79.9. The Kier molecular flexibility index (Phi) is 8.17. The number of hydrogen-bond donors (Lipinski definition) is 1. The highest BCUT2D eigenvalue weighted by Crippen LogP contribution is 2.29. The van der Waals surface area contributed by atoms with E-state index < -0.39 is 10.0 Å². The summed E-state index contributed by atoms with van der Waals surface area (Å²) in [6, 6.07) is 10.5. The SMILES string of the molecule is Cc1cc(C)c([C@H](C)NC(=O)CN(C2CCCCC2)S(=O)(=O)c2ccc(Br)cc2)cc1C. The van der Waals surface area contributed by atoms with Crippen LogP contribution in [-0.2, 0) is 14.8 Å². The smallest absolute Gasteiger partial charge is 0.243 e. The van der Waals surface area contributed by atoms with E-state index in [1.54, 1.807) is 24.3 Å². The molecule has 0 aromatic heterocycles. The summed E-state index contributed by atoms with van der Waals surface area (Å²) in [5.41, 5.74) is 4.57. The molecule has 0 saturated heterocycles. The van der Waals surface area contributed by atoms with Crippen molar-refractivity contribution in [3.63, 3.8) is 0 Å². The van der Waals surface area contributed by atoms with E-state index >= 15 is 0 Å². The minimum Gasteiger partial charge on any atom is -0.348 e. The second-order valence-corrected chi connectivity index (χ2v) is 11.7. The average molecular weight is 522 g/mol. The van der Waals surface area contributed by atoms with Crippen LogP contribution in [0.5, 0.6) is 0 Å². The van der Waals surface area contributed by atoms with E-state index in [0.29, 0.717) is 0 Å². The van der Waals surface area contributed by atoms with Gasteiger partial charge in [0.2, 0.25) is 15.9 Å². The topological polar surface area (TPSA) is 66.5 Å². The molecule has 0 spiro atoms.